The fourth-order valence-corrected chi connectivity index (χ4v) is 3.38. The lowest BCUT2D eigenvalue weighted by Gasteiger charge is -2.19. The van der Waals surface area contributed by atoms with Crippen LogP contribution in [0.4, 0.5) is 11.4 Å². The predicted molar refractivity (Wildman–Crippen MR) is 96.8 cm³/mol. The van der Waals surface area contributed by atoms with Gasteiger partial charge in [0.05, 0.1) is 18.5 Å². The van der Waals surface area contributed by atoms with Gasteiger partial charge in [-0.1, -0.05) is 22.0 Å². The number of halogens is 1. The highest BCUT2D eigenvalue weighted by Crippen LogP contribution is 2.38. The lowest BCUT2D eigenvalue weighted by molar-refractivity contribution is -0.116. The van der Waals surface area contributed by atoms with Crippen LogP contribution in [0.1, 0.15) is 22.8 Å². The van der Waals surface area contributed by atoms with Crippen molar-refractivity contribution in [3.63, 3.8) is 0 Å². The molecule has 0 aromatic heterocycles. The minimum absolute atomic E-state index is 0.0343. The summed E-state index contributed by atoms with van der Waals surface area (Å²) < 4.78 is 6.02. The fraction of sp³-hybridized carbons (Fsp3) is 0.222. The third-order valence-electron chi connectivity index (χ3n) is 3.99. The van der Waals surface area contributed by atoms with Crippen LogP contribution in [0.15, 0.2) is 40.9 Å². The molecule has 0 bridgehead atoms. The summed E-state index contributed by atoms with van der Waals surface area (Å²) in [6.07, 6.45) is 0.774. The number of amides is 2. The number of benzene rings is 2. The predicted octanol–water partition coefficient (Wildman–Crippen LogP) is 3.62. The molecule has 0 saturated carbocycles. The van der Waals surface area contributed by atoms with Crippen LogP contribution in [-0.2, 0) is 11.2 Å². The molecule has 1 heterocycles. The first-order chi connectivity index (χ1) is 11.5. The molecule has 1 N–H and O–H groups in total. The van der Waals surface area contributed by atoms with E-state index in [1.165, 1.54) is 6.92 Å². The van der Waals surface area contributed by atoms with Crippen molar-refractivity contribution in [2.75, 3.05) is 23.9 Å². The molecule has 0 aliphatic carbocycles. The van der Waals surface area contributed by atoms with E-state index >= 15 is 0 Å². The van der Waals surface area contributed by atoms with E-state index in [1.54, 1.807) is 36.3 Å². The van der Waals surface area contributed by atoms with Gasteiger partial charge in [0.2, 0.25) is 5.91 Å². The van der Waals surface area contributed by atoms with Crippen LogP contribution in [0.25, 0.3) is 0 Å². The van der Waals surface area contributed by atoms with Crippen molar-refractivity contribution in [3.05, 3.63) is 52.0 Å². The van der Waals surface area contributed by atoms with Gasteiger partial charge in [-0.15, -0.1) is 0 Å². The Balaban J connectivity index is 1.95. The van der Waals surface area contributed by atoms with Gasteiger partial charge in [0.1, 0.15) is 5.75 Å². The molecule has 1 aliphatic heterocycles. The third-order valence-corrected chi connectivity index (χ3v) is 4.45. The Morgan fingerprint density at radius 2 is 2.04 bits per heavy atom. The molecule has 0 radical (unpaired) electrons. The number of nitrogens with one attached hydrogen (secondary N) is 1. The Morgan fingerprint density at radius 1 is 1.25 bits per heavy atom. The smallest absolute Gasteiger partial charge is 0.255 e. The largest absolute Gasteiger partial charge is 0.497 e. The number of anilines is 2. The first kappa shape index (κ1) is 16.5. The Kier molecular flexibility index (Phi) is 4.57. The number of carbonyl (C=O) groups excluding carboxylic acids is 2. The lowest BCUT2D eigenvalue weighted by Crippen LogP contribution is -2.27. The lowest BCUT2D eigenvalue weighted by atomic mass is 10.1. The van der Waals surface area contributed by atoms with Gasteiger partial charge in [-0.3, -0.25) is 9.59 Å². The first-order valence-corrected chi connectivity index (χ1v) is 8.35. The van der Waals surface area contributed by atoms with E-state index in [4.69, 9.17) is 4.74 Å². The van der Waals surface area contributed by atoms with Crippen molar-refractivity contribution in [2.45, 2.75) is 13.3 Å². The van der Waals surface area contributed by atoms with Crippen molar-refractivity contribution in [2.24, 2.45) is 0 Å². The second kappa shape index (κ2) is 6.65. The van der Waals surface area contributed by atoms with Crippen molar-refractivity contribution in [1.82, 2.24) is 0 Å². The highest BCUT2D eigenvalue weighted by atomic mass is 79.9. The summed E-state index contributed by atoms with van der Waals surface area (Å²) in [5, 5.41) is 2.92. The molecule has 0 unspecified atom stereocenters. The van der Waals surface area contributed by atoms with Crippen molar-refractivity contribution in [3.8, 4) is 5.75 Å². The van der Waals surface area contributed by atoms with Gasteiger partial charge >= 0.3 is 0 Å². The Hall–Kier alpha value is -2.34. The van der Waals surface area contributed by atoms with Gasteiger partial charge in [-0.2, -0.15) is 0 Å². The average molecular weight is 389 g/mol. The van der Waals surface area contributed by atoms with Crippen molar-refractivity contribution in [1.29, 1.82) is 0 Å². The molecule has 0 spiro atoms. The highest BCUT2D eigenvalue weighted by Gasteiger charge is 2.26. The number of rotatable bonds is 3. The van der Waals surface area contributed by atoms with Gasteiger partial charge in [0.15, 0.2) is 0 Å². The Bertz CT molecular complexity index is 820. The number of hydrogen-bond acceptors (Lipinski definition) is 3. The molecule has 3 rings (SSSR count). The number of ether oxygens (including phenoxy) is 1. The average Bonchev–Trinajstić information content (AvgIpc) is 2.99. The topological polar surface area (TPSA) is 58.6 Å². The summed E-state index contributed by atoms with van der Waals surface area (Å²) in [5.41, 5.74) is 2.94. The van der Waals surface area contributed by atoms with E-state index in [0.29, 0.717) is 23.5 Å². The van der Waals surface area contributed by atoms with E-state index in [0.717, 1.165) is 22.1 Å². The van der Waals surface area contributed by atoms with Gasteiger partial charge in [-0.25, -0.2) is 0 Å². The zero-order valence-corrected chi connectivity index (χ0v) is 15.0. The van der Waals surface area contributed by atoms with Crippen molar-refractivity contribution >= 4 is 39.1 Å². The van der Waals surface area contributed by atoms with Gasteiger partial charge < -0.3 is 15.0 Å². The molecular weight excluding hydrogens is 372 g/mol. The van der Waals surface area contributed by atoms with E-state index in [2.05, 4.69) is 21.2 Å². The number of carbonyl (C=O) groups is 2. The second-order valence-electron chi connectivity index (χ2n) is 5.57. The molecule has 0 fully saturated rings. The van der Waals surface area contributed by atoms with Crippen LogP contribution in [-0.4, -0.2) is 25.5 Å². The Morgan fingerprint density at radius 3 is 2.75 bits per heavy atom. The monoisotopic (exact) mass is 388 g/mol. The van der Waals surface area contributed by atoms with E-state index in [9.17, 15) is 9.59 Å². The van der Waals surface area contributed by atoms with Crippen LogP contribution < -0.4 is 15.0 Å². The fourth-order valence-electron chi connectivity index (χ4n) is 2.88. The van der Waals surface area contributed by atoms with E-state index < -0.39 is 0 Å². The number of nitrogens with zero attached hydrogens (tertiary/aromatic N) is 1. The van der Waals surface area contributed by atoms with Gasteiger partial charge in [0, 0.05) is 23.5 Å². The van der Waals surface area contributed by atoms with Crippen LogP contribution in [0.2, 0.25) is 0 Å². The maximum Gasteiger partial charge on any atom is 0.255 e. The van der Waals surface area contributed by atoms with Gasteiger partial charge in [0.25, 0.3) is 5.91 Å². The summed E-state index contributed by atoms with van der Waals surface area (Å²) in [7, 11) is 1.56. The molecule has 2 aromatic carbocycles. The zero-order valence-electron chi connectivity index (χ0n) is 13.4. The molecule has 2 aromatic rings. The molecular formula is C18H17BrN2O3. The molecule has 6 heteroatoms. The molecule has 0 saturated heterocycles. The molecule has 24 heavy (non-hydrogen) atoms. The van der Waals surface area contributed by atoms with Crippen molar-refractivity contribution < 1.29 is 14.3 Å². The number of fused-ring (bicyclic) bond motifs is 1. The summed E-state index contributed by atoms with van der Waals surface area (Å²) in [4.78, 5) is 26.2. The Labute approximate surface area is 148 Å². The van der Waals surface area contributed by atoms with Crippen LogP contribution >= 0.6 is 15.9 Å². The standard InChI is InChI=1S/C18H17BrN2O3/c1-11(22)21-7-6-12-8-14(19)10-16(17(12)21)20-18(23)13-4-3-5-15(9-13)24-2/h3-5,8-10H,6-7H2,1-2H3,(H,20,23). The molecule has 124 valence electrons. The SMILES string of the molecule is COc1cccc(C(=O)Nc2cc(Br)cc3c2N(C(C)=O)CC3)c1. The van der Waals surface area contributed by atoms with E-state index in [1.807, 2.05) is 12.1 Å². The summed E-state index contributed by atoms with van der Waals surface area (Å²) in [5.74, 6) is 0.338. The van der Waals surface area contributed by atoms with Crippen LogP contribution in [0.3, 0.4) is 0 Å². The van der Waals surface area contributed by atoms with Crippen LogP contribution in [0, 0.1) is 0 Å². The maximum absolute atomic E-state index is 12.6. The van der Waals surface area contributed by atoms with Gasteiger partial charge in [-0.05, 0) is 42.3 Å². The maximum atomic E-state index is 12.6. The molecule has 2 amide bonds. The minimum Gasteiger partial charge on any atom is -0.497 e. The summed E-state index contributed by atoms with van der Waals surface area (Å²) in [6, 6.07) is 10.7. The number of hydrogen-bond donors (Lipinski definition) is 1. The minimum atomic E-state index is -0.246. The highest BCUT2D eigenvalue weighted by molar-refractivity contribution is 9.10. The van der Waals surface area contributed by atoms with Crippen LogP contribution in [0.5, 0.6) is 5.75 Å². The molecule has 1 aliphatic rings. The number of methoxy groups -OCH3 is 1. The summed E-state index contributed by atoms with van der Waals surface area (Å²) in [6.45, 7) is 2.16. The zero-order chi connectivity index (χ0) is 17.3. The quantitative estimate of drug-likeness (QED) is 0.873. The van der Waals surface area contributed by atoms with E-state index in [-0.39, 0.29) is 11.8 Å². The molecule has 5 nitrogen and oxygen atoms in total. The molecule has 0 atom stereocenters. The normalized spacial score (nSPS) is 12.7. The third kappa shape index (κ3) is 3.14. The second-order valence-corrected chi connectivity index (χ2v) is 6.48. The summed E-state index contributed by atoms with van der Waals surface area (Å²) >= 11 is 3.47. The first-order valence-electron chi connectivity index (χ1n) is 7.55.